The number of imidazole rings is 1. The van der Waals surface area contributed by atoms with Crippen LogP contribution in [0.5, 0.6) is 5.75 Å². The van der Waals surface area contributed by atoms with Gasteiger partial charge in [-0.05, 0) is 43.5 Å². The van der Waals surface area contributed by atoms with E-state index in [0.717, 1.165) is 22.5 Å². The summed E-state index contributed by atoms with van der Waals surface area (Å²) in [5.41, 5.74) is 3.78. The molecular weight excluding hydrogens is 413 g/mol. The maximum atomic E-state index is 13.4. The van der Waals surface area contributed by atoms with Crippen LogP contribution in [-0.4, -0.2) is 59.4 Å². The fraction of sp³-hybridized carbons (Fsp3) is 0.417. The first kappa shape index (κ1) is 22.2. The van der Waals surface area contributed by atoms with Gasteiger partial charge >= 0.3 is 0 Å². The minimum atomic E-state index is -0.291. The molecule has 32 heavy (non-hydrogen) atoms. The molecule has 1 aliphatic heterocycles. The van der Waals surface area contributed by atoms with Gasteiger partial charge in [-0.2, -0.15) is 0 Å². The third-order valence-electron chi connectivity index (χ3n) is 5.97. The van der Waals surface area contributed by atoms with Crippen molar-refractivity contribution >= 4 is 16.9 Å². The van der Waals surface area contributed by atoms with Crippen LogP contribution in [0.4, 0.5) is 4.39 Å². The lowest BCUT2D eigenvalue weighted by Gasteiger charge is -2.29. The van der Waals surface area contributed by atoms with Crippen LogP contribution in [0.2, 0.25) is 0 Å². The van der Waals surface area contributed by atoms with Gasteiger partial charge in [-0.3, -0.25) is 4.79 Å². The highest BCUT2D eigenvalue weighted by Crippen LogP contribution is 2.42. The molecule has 170 valence electrons. The summed E-state index contributed by atoms with van der Waals surface area (Å²) in [4.78, 5) is 19.4. The number of carbonyl (C=O) groups is 1. The molecule has 4 rings (SSSR count). The highest BCUT2D eigenvalue weighted by molar-refractivity contribution is 6.01. The number of aryl methyl sites for hydroxylation is 1. The molecule has 1 N–H and O–H groups in total. The van der Waals surface area contributed by atoms with E-state index in [2.05, 4.69) is 9.55 Å². The van der Waals surface area contributed by atoms with Crippen molar-refractivity contribution < 1.29 is 23.8 Å². The fourth-order valence-corrected chi connectivity index (χ4v) is 4.28. The average molecular weight is 442 g/mol. The van der Waals surface area contributed by atoms with E-state index in [4.69, 9.17) is 9.47 Å². The van der Waals surface area contributed by atoms with Crippen LogP contribution in [-0.2, 0) is 17.7 Å². The number of ether oxygens (including phenoxy) is 2. The topological polar surface area (TPSA) is 76.8 Å². The maximum Gasteiger partial charge on any atom is 0.254 e. The summed E-state index contributed by atoms with van der Waals surface area (Å²) < 4.78 is 27.3. The van der Waals surface area contributed by atoms with Crippen molar-refractivity contribution in [2.45, 2.75) is 32.4 Å². The minimum absolute atomic E-state index is 0.111. The van der Waals surface area contributed by atoms with Crippen LogP contribution in [0.15, 0.2) is 30.3 Å². The molecule has 0 saturated heterocycles. The first-order valence-corrected chi connectivity index (χ1v) is 10.7. The highest BCUT2D eigenvalue weighted by atomic mass is 19.1. The quantitative estimate of drug-likeness (QED) is 0.609. The van der Waals surface area contributed by atoms with E-state index >= 15 is 0 Å². The van der Waals surface area contributed by atoms with E-state index in [1.807, 2.05) is 13.0 Å². The van der Waals surface area contributed by atoms with Gasteiger partial charge in [0.25, 0.3) is 5.91 Å². The number of aliphatic hydroxyl groups excluding tert-OH is 1. The second-order valence-electron chi connectivity index (χ2n) is 8.05. The van der Waals surface area contributed by atoms with Crippen molar-refractivity contribution in [1.29, 1.82) is 0 Å². The van der Waals surface area contributed by atoms with Gasteiger partial charge < -0.3 is 24.0 Å². The van der Waals surface area contributed by atoms with E-state index in [1.54, 1.807) is 26.3 Å². The standard InChI is InChI=1S/C24H28FN3O4/c1-15-26-20-14-19(24(30)27(2)10-12-29)18-8-9-21(16-4-6-17(25)7-5-16)32-23(18)22(20)28(15)11-13-31-3/h4-7,14,21,29H,8-13H2,1-3H3. The second-order valence-corrected chi connectivity index (χ2v) is 8.05. The normalized spacial score (nSPS) is 15.5. The number of hydrogen-bond donors (Lipinski definition) is 1. The molecule has 0 saturated carbocycles. The number of nitrogens with zero attached hydrogens (tertiary/aromatic N) is 3. The van der Waals surface area contributed by atoms with Crippen LogP contribution in [0.25, 0.3) is 11.0 Å². The molecule has 3 aromatic rings. The molecule has 1 unspecified atom stereocenters. The summed E-state index contributed by atoms with van der Waals surface area (Å²) in [7, 11) is 3.32. The lowest BCUT2D eigenvalue weighted by molar-refractivity contribution is 0.0763. The van der Waals surface area contributed by atoms with Crippen molar-refractivity contribution in [3.63, 3.8) is 0 Å². The molecule has 2 aromatic carbocycles. The molecule has 0 aliphatic carbocycles. The van der Waals surface area contributed by atoms with Crippen LogP contribution in [0, 0.1) is 12.7 Å². The first-order valence-electron chi connectivity index (χ1n) is 10.7. The first-order chi connectivity index (χ1) is 15.4. The van der Waals surface area contributed by atoms with Crippen molar-refractivity contribution in [3.05, 3.63) is 58.7 Å². The van der Waals surface area contributed by atoms with Gasteiger partial charge in [0, 0.05) is 38.4 Å². The zero-order chi connectivity index (χ0) is 22.8. The van der Waals surface area contributed by atoms with Gasteiger partial charge in [-0.25, -0.2) is 9.37 Å². The van der Waals surface area contributed by atoms with E-state index in [-0.39, 0.29) is 31.0 Å². The zero-order valence-corrected chi connectivity index (χ0v) is 18.6. The second kappa shape index (κ2) is 9.26. The number of hydrogen-bond acceptors (Lipinski definition) is 5. The Labute approximate surface area is 186 Å². The van der Waals surface area contributed by atoms with Gasteiger partial charge in [0.2, 0.25) is 0 Å². The molecule has 1 aliphatic rings. The number of aliphatic hydroxyl groups is 1. The van der Waals surface area contributed by atoms with Gasteiger partial charge in [0.1, 0.15) is 29.0 Å². The third-order valence-corrected chi connectivity index (χ3v) is 5.97. The Morgan fingerprint density at radius 2 is 2.12 bits per heavy atom. The molecule has 1 aromatic heterocycles. The average Bonchev–Trinajstić information content (AvgIpc) is 3.11. The summed E-state index contributed by atoms with van der Waals surface area (Å²) in [6.07, 6.45) is 1.05. The Hall–Kier alpha value is -2.97. The van der Waals surface area contributed by atoms with Crippen LogP contribution >= 0.6 is 0 Å². The number of aromatic nitrogens is 2. The molecule has 8 heteroatoms. The SMILES string of the molecule is COCCn1c(C)nc2cc(C(=O)N(C)CCO)c3c(c21)OC(c1ccc(F)cc1)CC3. The van der Waals surface area contributed by atoms with Gasteiger partial charge in [-0.1, -0.05) is 12.1 Å². The number of benzene rings is 2. The lowest BCUT2D eigenvalue weighted by Crippen LogP contribution is -2.31. The number of halogens is 1. The van der Waals surface area contributed by atoms with Gasteiger partial charge in [0.15, 0.2) is 0 Å². The Morgan fingerprint density at radius 3 is 2.81 bits per heavy atom. The molecule has 1 amide bonds. The molecule has 1 atom stereocenters. The smallest absolute Gasteiger partial charge is 0.254 e. The number of likely N-dealkylation sites (N-methyl/N-ethyl adjacent to an activating group) is 1. The van der Waals surface area contributed by atoms with E-state index < -0.39 is 0 Å². The molecule has 0 fully saturated rings. The fourth-order valence-electron chi connectivity index (χ4n) is 4.28. The minimum Gasteiger partial charge on any atom is -0.483 e. The predicted molar refractivity (Wildman–Crippen MR) is 118 cm³/mol. The summed E-state index contributed by atoms with van der Waals surface area (Å²) in [5, 5.41) is 9.27. The molecule has 0 bridgehead atoms. The van der Waals surface area contributed by atoms with Crippen LogP contribution in [0.3, 0.4) is 0 Å². The maximum absolute atomic E-state index is 13.4. The Kier molecular flexibility index (Phi) is 6.43. The number of methoxy groups -OCH3 is 1. The number of carbonyl (C=O) groups excluding carboxylic acids is 1. The highest BCUT2D eigenvalue weighted by Gasteiger charge is 2.31. The van der Waals surface area contributed by atoms with Crippen molar-refractivity contribution in [1.82, 2.24) is 14.5 Å². The Balaban J connectivity index is 1.85. The lowest BCUT2D eigenvalue weighted by atomic mass is 9.92. The van der Waals surface area contributed by atoms with E-state index in [1.165, 1.54) is 17.0 Å². The number of fused-ring (bicyclic) bond motifs is 3. The molecule has 2 heterocycles. The largest absolute Gasteiger partial charge is 0.483 e. The monoisotopic (exact) mass is 441 g/mol. The van der Waals surface area contributed by atoms with Crippen LogP contribution in [0.1, 0.15) is 39.8 Å². The molecule has 0 spiro atoms. The molecular formula is C24H28FN3O4. The number of rotatable bonds is 7. The third kappa shape index (κ3) is 4.08. The zero-order valence-electron chi connectivity index (χ0n) is 18.6. The van der Waals surface area contributed by atoms with Gasteiger partial charge in [-0.15, -0.1) is 0 Å². The summed E-state index contributed by atoms with van der Waals surface area (Å²) in [5.74, 6) is 0.978. The van der Waals surface area contributed by atoms with E-state index in [0.29, 0.717) is 42.8 Å². The Morgan fingerprint density at radius 1 is 1.38 bits per heavy atom. The van der Waals surface area contributed by atoms with Gasteiger partial charge in [0.05, 0.1) is 18.7 Å². The van der Waals surface area contributed by atoms with Crippen molar-refractivity contribution in [2.75, 3.05) is 33.9 Å². The molecule has 0 radical (unpaired) electrons. The molecule has 7 nitrogen and oxygen atoms in total. The van der Waals surface area contributed by atoms with E-state index in [9.17, 15) is 14.3 Å². The van der Waals surface area contributed by atoms with Crippen LogP contribution < -0.4 is 4.74 Å². The Bertz CT molecular complexity index is 1130. The van der Waals surface area contributed by atoms with Crippen molar-refractivity contribution in [2.24, 2.45) is 0 Å². The van der Waals surface area contributed by atoms with Crippen molar-refractivity contribution in [3.8, 4) is 5.75 Å². The number of amides is 1. The predicted octanol–water partition coefficient (Wildman–Crippen LogP) is 3.26. The summed E-state index contributed by atoms with van der Waals surface area (Å²) in [6.45, 7) is 3.17. The summed E-state index contributed by atoms with van der Waals surface area (Å²) >= 11 is 0. The summed E-state index contributed by atoms with van der Waals surface area (Å²) in [6, 6.07) is 8.16.